The lowest BCUT2D eigenvalue weighted by Crippen LogP contribution is -2.26. The van der Waals surface area contributed by atoms with Gasteiger partial charge >= 0.3 is 0 Å². The molecule has 5 rings (SSSR count). The van der Waals surface area contributed by atoms with E-state index in [1.807, 2.05) is 22.4 Å². The highest BCUT2D eigenvalue weighted by Gasteiger charge is 2.19. The zero-order chi connectivity index (χ0) is 16.1. The van der Waals surface area contributed by atoms with E-state index < -0.39 is 0 Å². The summed E-state index contributed by atoms with van der Waals surface area (Å²) < 4.78 is 3.78. The average molecular weight is 338 g/mol. The molecule has 0 spiro atoms. The van der Waals surface area contributed by atoms with Crippen molar-refractivity contribution in [3.8, 4) is 10.6 Å². The molecular weight excluding hydrogens is 320 g/mol. The Hall–Kier alpha value is -2.25. The average Bonchev–Trinajstić information content (AvgIpc) is 3.26. The summed E-state index contributed by atoms with van der Waals surface area (Å²) in [6, 6.07) is 6.28. The van der Waals surface area contributed by atoms with E-state index >= 15 is 0 Å². The van der Waals surface area contributed by atoms with E-state index in [1.54, 1.807) is 11.3 Å². The number of imidazole rings is 1. The molecule has 0 amide bonds. The summed E-state index contributed by atoms with van der Waals surface area (Å²) in [5.41, 5.74) is 3.31. The van der Waals surface area contributed by atoms with Gasteiger partial charge in [0.15, 0.2) is 0 Å². The molecule has 1 aliphatic rings. The number of hydrogen-bond donors (Lipinski definition) is 1. The molecule has 0 atom stereocenters. The first-order valence-electron chi connectivity index (χ1n) is 8.27. The minimum Gasteiger partial charge on any atom is -0.317 e. The van der Waals surface area contributed by atoms with Crippen molar-refractivity contribution < 1.29 is 0 Å². The maximum absolute atomic E-state index is 4.82. The second kappa shape index (κ2) is 5.39. The van der Waals surface area contributed by atoms with Crippen molar-refractivity contribution in [2.24, 2.45) is 7.05 Å². The first-order chi connectivity index (χ1) is 11.8. The molecule has 6 nitrogen and oxygen atoms in total. The summed E-state index contributed by atoms with van der Waals surface area (Å²) in [6.45, 7) is 2.17. The molecule has 0 bridgehead atoms. The standard InChI is InChI=1S/C17H18N6S/c1-22-9-13-8-12(2-3-14(13)20-22)16-21-23-10-15(19-17(23)24-16)11-4-6-18-7-5-11/h2-3,8-11,18H,4-7H2,1H3. The van der Waals surface area contributed by atoms with Crippen LogP contribution >= 0.6 is 11.3 Å². The van der Waals surface area contributed by atoms with Crippen molar-refractivity contribution in [2.75, 3.05) is 13.1 Å². The van der Waals surface area contributed by atoms with E-state index in [9.17, 15) is 0 Å². The Kier molecular flexibility index (Phi) is 3.17. The van der Waals surface area contributed by atoms with Gasteiger partial charge in [-0.15, -0.1) is 0 Å². The molecule has 4 heterocycles. The fourth-order valence-electron chi connectivity index (χ4n) is 3.43. The molecule has 0 unspecified atom stereocenters. The van der Waals surface area contributed by atoms with Crippen LogP contribution in [-0.4, -0.2) is 37.5 Å². The zero-order valence-electron chi connectivity index (χ0n) is 13.4. The Labute approximate surface area is 143 Å². The van der Waals surface area contributed by atoms with E-state index in [0.717, 1.165) is 52.4 Å². The molecule has 1 aromatic carbocycles. The van der Waals surface area contributed by atoms with Gasteiger partial charge in [0, 0.05) is 30.1 Å². The molecule has 1 fully saturated rings. The van der Waals surface area contributed by atoms with Gasteiger partial charge in [-0.05, 0) is 44.1 Å². The van der Waals surface area contributed by atoms with Crippen molar-refractivity contribution in [1.82, 2.24) is 29.7 Å². The topological polar surface area (TPSA) is 60.0 Å². The molecule has 1 saturated heterocycles. The van der Waals surface area contributed by atoms with Crippen LogP contribution in [0.25, 0.3) is 26.4 Å². The lowest BCUT2D eigenvalue weighted by atomic mass is 9.95. The molecule has 4 aromatic rings. The van der Waals surface area contributed by atoms with Crippen molar-refractivity contribution in [3.63, 3.8) is 0 Å². The maximum atomic E-state index is 4.82. The third-order valence-electron chi connectivity index (χ3n) is 4.69. The fraction of sp³-hybridized carbons (Fsp3) is 0.353. The molecule has 1 N–H and O–H groups in total. The largest absolute Gasteiger partial charge is 0.317 e. The number of hydrogen-bond acceptors (Lipinski definition) is 5. The van der Waals surface area contributed by atoms with Gasteiger partial charge in [-0.3, -0.25) is 4.68 Å². The molecule has 3 aromatic heterocycles. The summed E-state index contributed by atoms with van der Waals surface area (Å²) in [4.78, 5) is 5.80. The van der Waals surface area contributed by atoms with Gasteiger partial charge in [-0.1, -0.05) is 11.3 Å². The van der Waals surface area contributed by atoms with Crippen LogP contribution in [0.1, 0.15) is 24.5 Å². The summed E-state index contributed by atoms with van der Waals surface area (Å²) in [5, 5.41) is 14.7. The molecule has 7 heteroatoms. The Morgan fingerprint density at radius 2 is 2.04 bits per heavy atom. The van der Waals surface area contributed by atoms with Crippen LogP contribution < -0.4 is 5.32 Å². The van der Waals surface area contributed by atoms with Gasteiger partial charge < -0.3 is 5.32 Å². The number of nitrogens with one attached hydrogen (secondary N) is 1. The van der Waals surface area contributed by atoms with Crippen LogP contribution in [-0.2, 0) is 7.05 Å². The predicted octanol–water partition coefficient (Wildman–Crippen LogP) is 2.81. The van der Waals surface area contributed by atoms with Crippen LogP contribution in [0.3, 0.4) is 0 Å². The van der Waals surface area contributed by atoms with E-state index in [4.69, 9.17) is 10.1 Å². The SMILES string of the molecule is Cn1cc2cc(-c3nn4cc(C5CCNCC5)nc4s3)ccc2n1. The third kappa shape index (κ3) is 2.32. The van der Waals surface area contributed by atoms with Gasteiger partial charge in [0.1, 0.15) is 5.01 Å². The van der Waals surface area contributed by atoms with Crippen LogP contribution in [0.5, 0.6) is 0 Å². The normalized spacial score (nSPS) is 16.4. The summed E-state index contributed by atoms with van der Waals surface area (Å²) in [5.74, 6) is 0.565. The highest BCUT2D eigenvalue weighted by molar-refractivity contribution is 7.19. The molecule has 0 saturated carbocycles. The van der Waals surface area contributed by atoms with Crippen LogP contribution in [0, 0.1) is 0 Å². The van der Waals surface area contributed by atoms with Crippen molar-refractivity contribution in [3.05, 3.63) is 36.3 Å². The second-order valence-corrected chi connectivity index (χ2v) is 7.36. The zero-order valence-corrected chi connectivity index (χ0v) is 14.3. The summed E-state index contributed by atoms with van der Waals surface area (Å²) >= 11 is 1.65. The van der Waals surface area contributed by atoms with E-state index in [2.05, 4.69) is 34.8 Å². The molecule has 24 heavy (non-hydrogen) atoms. The van der Waals surface area contributed by atoms with Crippen molar-refractivity contribution in [1.29, 1.82) is 0 Å². The monoisotopic (exact) mass is 338 g/mol. The van der Waals surface area contributed by atoms with E-state index in [1.165, 1.54) is 5.69 Å². The first-order valence-corrected chi connectivity index (χ1v) is 9.08. The Morgan fingerprint density at radius 1 is 1.17 bits per heavy atom. The van der Waals surface area contributed by atoms with E-state index in [0.29, 0.717) is 5.92 Å². The van der Waals surface area contributed by atoms with Crippen LogP contribution in [0.2, 0.25) is 0 Å². The minimum atomic E-state index is 0.565. The highest BCUT2D eigenvalue weighted by atomic mass is 32.1. The van der Waals surface area contributed by atoms with Gasteiger partial charge in [0.25, 0.3) is 0 Å². The van der Waals surface area contributed by atoms with Crippen LogP contribution in [0.4, 0.5) is 0 Å². The fourth-order valence-corrected chi connectivity index (χ4v) is 4.31. The molecule has 122 valence electrons. The third-order valence-corrected chi connectivity index (χ3v) is 5.66. The molecule has 0 radical (unpaired) electrons. The predicted molar refractivity (Wildman–Crippen MR) is 95.4 cm³/mol. The number of benzene rings is 1. The lowest BCUT2D eigenvalue weighted by molar-refractivity contribution is 0.454. The van der Waals surface area contributed by atoms with Crippen molar-refractivity contribution in [2.45, 2.75) is 18.8 Å². The van der Waals surface area contributed by atoms with E-state index in [-0.39, 0.29) is 0 Å². The number of rotatable bonds is 2. The number of aromatic nitrogens is 5. The van der Waals surface area contributed by atoms with Gasteiger partial charge in [-0.2, -0.15) is 10.2 Å². The van der Waals surface area contributed by atoms with Crippen molar-refractivity contribution >= 4 is 27.2 Å². The quantitative estimate of drug-likeness (QED) is 0.610. The molecular formula is C17H18N6S. The molecule has 0 aliphatic carbocycles. The Bertz CT molecular complexity index is 989. The highest BCUT2D eigenvalue weighted by Crippen LogP contribution is 2.30. The number of nitrogens with zero attached hydrogens (tertiary/aromatic N) is 5. The van der Waals surface area contributed by atoms with Gasteiger partial charge in [0.05, 0.1) is 17.4 Å². The van der Waals surface area contributed by atoms with Gasteiger partial charge in [-0.25, -0.2) is 9.50 Å². The lowest BCUT2D eigenvalue weighted by Gasteiger charge is -2.20. The Balaban J connectivity index is 1.51. The summed E-state index contributed by atoms with van der Waals surface area (Å²) in [6.07, 6.45) is 6.46. The van der Waals surface area contributed by atoms with Gasteiger partial charge in [0.2, 0.25) is 4.96 Å². The number of fused-ring (bicyclic) bond motifs is 2. The maximum Gasteiger partial charge on any atom is 0.212 e. The first kappa shape index (κ1) is 14.1. The minimum absolute atomic E-state index is 0.565. The second-order valence-electron chi connectivity index (χ2n) is 6.40. The number of aryl methyl sites for hydroxylation is 1. The number of piperidine rings is 1. The molecule has 1 aliphatic heterocycles. The Morgan fingerprint density at radius 3 is 2.88 bits per heavy atom. The smallest absolute Gasteiger partial charge is 0.212 e. The van der Waals surface area contributed by atoms with Crippen LogP contribution in [0.15, 0.2) is 30.6 Å². The summed E-state index contributed by atoms with van der Waals surface area (Å²) in [7, 11) is 1.94.